The van der Waals surface area contributed by atoms with E-state index in [0.717, 1.165) is 11.0 Å². The molecule has 1 nitrogen and oxygen atoms in total. The fourth-order valence-electron chi connectivity index (χ4n) is 2.78. The molecule has 3 rings (SSSR count). The lowest BCUT2D eigenvalue weighted by atomic mass is 10.0. The Hall–Kier alpha value is -1.12. The van der Waals surface area contributed by atoms with E-state index >= 15 is 0 Å². The first-order valence-electron chi connectivity index (χ1n) is 6.79. The van der Waals surface area contributed by atoms with E-state index in [2.05, 4.69) is 70.6 Å². The Balaban J connectivity index is 1.69. The normalized spacial score (nSPS) is 17.5. The first-order valence-corrected chi connectivity index (χ1v) is 7.59. The maximum atomic E-state index is 3.69. The smallest absolute Gasteiger partial charge is 0.0329 e. The number of rotatable bonds is 3. The van der Waals surface area contributed by atoms with E-state index in [1.165, 1.54) is 35.1 Å². The topological polar surface area (TPSA) is 12.0 Å². The summed E-state index contributed by atoms with van der Waals surface area (Å²) in [5.41, 5.74) is 5.71. The second-order valence-corrected chi connectivity index (χ2v) is 6.22. The zero-order valence-corrected chi connectivity index (χ0v) is 12.7. The van der Waals surface area contributed by atoms with Gasteiger partial charge in [-0.1, -0.05) is 51.8 Å². The minimum atomic E-state index is 0.513. The van der Waals surface area contributed by atoms with Gasteiger partial charge in [0.25, 0.3) is 0 Å². The Labute approximate surface area is 123 Å². The van der Waals surface area contributed by atoms with Gasteiger partial charge >= 0.3 is 0 Å². The van der Waals surface area contributed by atoms with Crippen LogP contribution >= 0.6 is 15.9 Å². The molecular weight excluding hydrogens is 298 g/mol. The highest BCUT2D eigenvalue weighted by Gasteiger charge is 2.21. The maximum absolute atomic E-state index is 3.69. The van der Waals surface area contributed by atoms with Crippen LogP contribution in [-0.4, -0.2) is 0 Å². The molecule has 2 heteroatoms. The summed E-state index contributed by atoms with van der Waals surface area (Å²) in [6, 6.07) is 15.9. The second kappa shape index (κ2) is 5.48. The van der Waals surface area contributed by atoms with Crippen LogP contribution < -0.4 is 5.32 Å². The number of halogens is 1. The number of aryl methyl sites for hydroxylation is 2. The molecule has 0 spiro atoms. The molecule has 0 aromatic heterocycles. The van der Waals surface area contributed by atoms with Crippen LogP contribution in [0, 0.1) is 6.92 Å². The average molecular weight is 316 g/mol. The van der Waals surface area contributed by atoms with Crippen molar-refractivity contribution >= 4 is 15.9 Å². The molecule has 98 valence electrons. The summed E-state index contributed by atoms with van der Waals surface area (Å²) in [5.74, 6) is 0. The first-order chi connectivity index (χ1) is 9.22. The van der Waals surface area contributed by atoms with Crippen LogP contribution in [0.1, 0.15) is 34.7 Å². The van der Waals surface area contributed by atoms with Gasteiger partial charge in [0, 0.05) is 17.1 Å². The number of hydrogen-bond donors (Lipinski definition) is 1. The van der Waals surface area contributed by atoms with E-state index in [1.807, 2.05) is 0 Å². The third-order valence-electron chi connectivity index (χ3n) is 3.84. The largest absolute Gasteiger partial charge is 0.306 e. The van der Waals surface area contributed by atoms with Gasteiger partial charge in [0.1, 0.15) is 0 Å². The zero-order chi connectivity index (χ0) is 13.2. The van der Waals surface area contributed by atoms with E-state index in [9.17, 15) is 0 Å². The Bertz CT molecular complexity index is 574. The second-order valence-electron chi connectivity index (χ2n) is 5.30. The molecule has 1 atom stereocenters. The summed E-state index contributed by atoms with van der Waals surface area (Å²) in [4.78, 5) is 0. The van der Waals surface area contributed by atoms with Crippen molar-refractivity contribution in [3.8, 4) is 0 Å². The monoisotopic (exact) mass is 315 g/mol. The molecule has 2 aromatic carbocycles. The van der Waals surface area contributed by atoms with Crippen LogP contribution in [-0.2, 0) is 13.0 Å². The zero-order valence-electron chi connectivity index (χ0n) is 11.1. The maximum Gasteiger partial charge on any atom is 0.0329 e. The van der Waals surface area contributed by atoms with Crippen molar-refractivity contribution in [3.63, 3.8) is 0 Å². The molecule has 0 fully saturated rings. The van der Waals surface area contributed by atoms with Crippen molar-refractivity contribution < 1.29 is 0 Å². The van der Waals surface area contributed by atoms with Gasteiger partial charge < -0.3 is 5.32 Å². The lowest BCUT2D eigenvalue weighted by Gasteiger charge is -2.14. The van der Waals surface area contributed by atoms with Gasteiger partial charge in [-0.05, 0) is 48.6 Å². The van der Waals surface area contributed by atoms with Crippen LogP contribution in [0.25, 0.3) is 0 Å². The highest BCUT2D eigenvalue weighted by atomic mass is 79.9. The van der Waals surface area contributed by atoms with Crippen LogP contribution in [0.3, 0.4) is 0 Å². The van der Waals surface area contributed by atoms with E-state index in [0.29, 0.717) is 6.04 Å². The molecule has 1 unspecified atom stereocenters. The Morgan fingerprint density at radius 3 is 2.74 bits per heavy atom. The highest BCUT2D eigenvalue weighted by Crippen LogP contribution is 2.31. The Kier molecular flexibility index (Phi) is 3.72. The number of fused-ring (bicyclic) bond motifs is 1. The van der Waals surface area contributed by atoms with E-state index in [4.69, 9.17) is 0 Å². The summed E-state index contributed by atoms with van der Waals surface area (Å²) in [6.07, 6.45) is 2.42. The van der Waals surface area contributed by atoms with Crippen molar-refractivity contribution in [1.29, 1.82) is 0 Å². The molecule has 0 heterocycles. The van der Waals surface area contributed by atoms with Crippen LogP contribution in [0.15, 0.2) is 46.9 Å². The quantitative estimate of drug-likeness (QED) is 0.877. The lowest BCUT2D eigenvalue weighted by molar-refractivity contribution is 0.530. The fraction of sp³-hybridized carbons (Fsp3) is 0.294. The van der Waals surface area contributed by atoms with E-state index in [1.54, 1.807) is 0 Å². The molecule has 0 aliphatic heterocycles. The molecule has 1 N–H and O–H groups in total. The van der Waals surface area contributed by atoms with Gasteiger partial charge in [0.15, 0.2) is 0 Å². The van der Waals surface area contributed by atoms with Crippen LogP contribution in [0.5, 0.6) is 0 Å². The van der Waals surface area contributed by atoms with Gasteiger partial charge in [-0.25, -0.2) is 0 Å². The van der Waals surface area contributed by atoms with Crippen molar-refractivity contribution in [3.05, 3.63) is 69.2 Å². The van der Waals surface area contributed by atoms with Crippen molar-refractivity contribution in [1.82, 2.24) is 5.32 Å². The molecule has 1 aliphatic rings. The minimum absolute atomic E-state index is 0.513. The number of benzene rings is 2. The molecule has 0 saturated heterocycles. The van der Waals surface area contributed by atoms with E-state index in [-0.39, 0.29) is 0 Å². The standard InChI is InChI=1S/C17H18BrN/c1-12-2-5-14-6-9-17(16(14)10-12)19-11-13-3-7-15(18)8-4-13/h2-5,7-8,10,17,19H,6,9,11H2,1H3. The van der Waals surface area contributed by atoms with Gasteiger partial charge in [-0.3, -0.25) is 0 Å². The predicted octanol–water partition coefficient (Wildman–Crippen LogP) is 4.53. The Morgan fingerprint density at radius 1 is 1.16 bits per heavy atom. The number of hydrogen-bond acceptors (Lipinski definition) is 1. The van der Waals surface area contributed by atoms with Gasteiger partial charge in [0.2, 0.25) is 0 Å². The molecule has 0 saturated carbocycles. The molecule has 1 aliphatic carbocycles. The Morgan fingerprint density at radius 2 is 1.95 bits per heavy atom. The summed E-state index contributed by atoms with van der Waals surface area (Å²) < 4.78 is 1.14. The minimum Gasteiger partial charge on any atom is -0.306 e. The summed E-state index contributed by atoms with van der Waals surface area (Å²) in [7, 11) is 0. The third kappa shape index (κ3) is 2.90. The molecule has 0 amide bonds. The lowest BCUT2D eigenvalue weighted by Crippen LogP contribution is -2.18. The van der Waals surface area contributed by atoms with Gasteiger partial charge in [-0.2, -0.15) is 0 Å². The average Bonchev–Trinajstić information content (AvgIpc) is 2.80. The first kappa shape index (κ1) is 12.9. The van der Waals surface area contributed by atoms with E-state index < -0.39 is 0 Å². The molecular formula is C17H18BrN. The van der Waals surface area contributed by atoms with Crippen LogP contribution in [0.2, 0.25) is 0 Å². The molecule has 19 heavy (non-hydrogen) atoms. The molecule has 0 bridgehead atoms. The fourth-order valence-corrected chi connectivity index (χ4v) is 3.04. The summed E-state index contributed by atoms with van der Waals surface area (Å²) in [6.45, 7) is 3.11. The van der Waals surface area contributed by atoms with Crippen molar-refractivity contribution in [2.75, 3.05) is 0 Å². The van der Waals surface area contributed by atoms with Crippen molar-refractivity contribution in [2.24, 2.45) is 0 Å². The predicted molar refractivity (Wildman–Crippen MR) is 83.2 cm³/mol. The summed E-state index contributed by atoms with van der Waals surface area (Å²) >= 11 is 3.47. The summed E-state index contributed by atoms with van der Waals surface area (Å²) in [5, 5.41) is 3.69. The SMILES string of the molecule is Cc1ccc2c(c1)C(NCc1ccc(Br)cc1)CC2. The molecule has 2 aromatic rings. The number of nitrogens with one attached hydrogen (secondary N) is 1. The van der Waals surface area contributed by atoms with Gasteiger partial charge in [0.05, 0.1) is 0 Å². The molecule has 0 radical (unpaired) electrons. The third-order valence-corrected chi connectivity index (χ3v) is 4.37. The van der Waals surface area contributed by atoms with Gasteiger partial charge in [-0.15, -0.1) is 0 Å². The van der Waals surface area contributed by atoms with Crippen molar-refractivity contribution in [2.45, 2.75) is 32.4 Å². The van der Waals surface area contributed by atoms with Crippen LogP contribution in [0.4, 0.5) is 0 Å². The highest BCUT2D eigenvalue weighted by molar-refractivity contribution is 9.10.